The fourth-order valence-corrected chi connectivity index (χ4v) is 3.41. The number of nitrogens with zero attached hydrogens (tertiary/aromatic N) is 2. The maximum absolute atomic E-state index is 12.2. The van der Waals surface area contributed by atoms with Gasteiger partial charge in [-0.15, -0.1) is 11.3 Å². The number of amides is 1. The zero-order valence-corrected chi connectivity index (χ0v) is 15.3. The Morgan fingerprint density at radius 3 is 2.46 bits per heavy atom. The van der Waals surface area contributed by atoms with Crippen molar-refractivity contribution in [2.75, 3.05) is 0 Å². The Labute approximate surface area is 155 Å². The van der Waals surface area contributed by atoms with E-state index in [9.17, 15) is 9.59 Å². The minimum absolute atomic E-state index is 0.187. The van der Waals surface area contributed by atoms with Crippen LogP contribution in [0.1, 0.15) is 41.9 Å². The van der Waals surface area contributed by atoms with E-state index in [-0.39, 0.29) is 10.8 Å². The van der Waals surface area contributed by atoms with Gasteiger partial charge in [-0.1, -0.05) is 12.1 Å². The van der Waals surface area contributed by atoms with E-state index in [1.807, 2.05) is 36.7 Å². The van der Waals surface area contributed by atoms with Crippen LogP contribution in [0.3, 0.4) is 0 Å². The highest BCUT2D eigenvalue weighted by Gasteiger charge is 2.10. The van der Waals surface area contributed by atoms with Gasteiger partial charge in [-0.3, -0.25) is 9.48 Å². The number of carboxylic acids is 1. The van der Waals surface area contributed by atoms with Crippen molar-refractivity contribution in [1.82, 2.24) is 15.1 Å². The number of aromatic nitrogens is 2. The number of aromatic carboxylic acids is 1. The van der Waals surface area contributed by atoms with Crippen molar-refractivity contribution in [3.63, 3.8) is 0 Å². The number of nitrogens with one attached hydrogen (secondary N) is 1. The Bertz CT molecular complexity index is 941. The molecule has 0 aliphatic rings. The van der Waals surface area contributed by atoms with Crippen LogP contribution in [0, 0.1) is 13.8 Å². The molecule has 0 aliphatic heterocycles. The van der Waals surface area contributed by atoms with E-state index in [2.05, 4.69) is 10.4 Å². The summed E-state index contributed by atoms with van der Waals surface area (Å²) in [5, 5.41) is 16.2. The van der Waals surface area contributed by atoms with Crippen LogP contribution in [-0.2, 0) is 13.1 Å². The molecule has 0 saturated heterocycles. The first kappa shape index (κ1) is 17.9. The van der Waals surface area contributed by atoms with Crippen molar-refractivity contribution >= 4 is 23.2 Å². The van der Waals surface area contributed by atoms with Crippen LogP contribution in [-0.4, -0.2) is 26.8 Å². The van der Waals surface area contributed by atoms with Crippen molar-refractivity contribution in [3.05, 3.63) is 74.7 Å². The van der Waals surface area contributed by atoms with Crippen molar-refractivity contribution in [2.24, 2.45) is 0 Å². The zero-order valence-electron chi connectivity index (χ0n) is 14.5. The summed E-state index contributed by atoms with van der Waals surface area (Å²) in [4.78, 5) is 24.2. The molecule has 0 atom stereocenters. The predicted octanol–water partition coefficient (Wildman–Crippen LogP) is 3.24. The van der Waals surface area contributed by atoms with E-state index in [1.165, 1.54) is 0 Å². The number of carbonyl (C=O) groups is 2. The normalized spacial score (nSPS) is 10.7. The first-order chi connectivity index (χ1) is 12.4. The van der Waals surface area contributed by atoms with Crippen LogP contribution in [0.5, 0.6) is 0 Å². The summed E-state index contributed by atoms with van der Waals surface area (Å²) in [6.07, 6.45) is 0. The van der Waals surface area contributed by atoms with E-state index in [0.717, 1.165) is 33.2 Å². The molecule has 0 aliphatic carbocycles. The van der Waals surface area contributed by atoms with Crippen LogP contribution in [0.15, 0.2) is 42.5 Å². The standard InChI is InChI=1S/C19H19N3O3S/c1-12-9-13(2)22(21-12)11-14-3-5-15(6-4-14)18(23)20-10-16-7-8-17(26-16)19(24)25/h3-9H,10-11H2,1-2H3,(H,20,23)(H,24,25). The smallest absolute Gasteiger partial charge is 0.345 e. The second kappa shape index (κ2) is 7.53. The maximum atomic E-state index is 12.2. The van der Waals surface area contributed by atoms with Gasteiger partial charge in [0.25, 0.3) is 5.91 Å². The summed E-state index contributed by atoms with van der Waals surface area (Å²) < 4.78 is 1.93. The van der Waals surface area contributed by atoms with Gasteiger partial charge in [0.2, 0.25) is 0 Å². The highest BCUT2D eigenvalue weighted by atomic mass is 32.1. The number of aryl methyl sites for hydroxylation is 2. The minimum atomic E-state index is -0.953. The number of hydrogen-bond donors (Lipinski definition) is 2. The summed E-state index contributed by atoms with van der Waals surface area (Å²) >= 11 is 1.16. The molecule has 2 heterocycles. The van der Waals surface area contributed by atoms with Gasteiger partial charge in [0, 0.05) is 16.1 Å². The molecule has 0 saturated carbocycles. The Morgan fingerprint density at radius 1 is 1.15 bits per heavy atom. The number of thiophene rings is 1. The van der Waals surface area contributed by atoms with Gasteiger partial charge in [-0.05, 0) is 49.7 Å². The topological polar surface area (TPSA) is 84.2 Å². The monoisotopic (exact) mass is 369 g/mol. The summed E-state index contributed by atoms with van der Waals surface area (Å²) in [6, 6.07) is 12.7. The first-order valence-electron chi connectivity index (χ1n) is 8.12. The maximum Gasteiger partial charge on any atom is 0.345 e. The summed E-state index contributed by atoms with van der Waals surface area (Å²) in [7, 11) is 0. The lowest BCUT2D eigenvalue weighted by Gasteiger charge is -2.07. The molecule has 3 rings (SSSR count). The third-order valence-electron chi connectivity index (χ3n) is 3.95. The summed E-state index contributed by atoms with van der Waals surface area (Å²) in [6.45, 7) is 4.95. The molecule has 0 spiro atoms. The summed E-state index contributed by atoms with van der Waals surface area (Å²) in [5.74, 6) is -1.14. The average molecular weight is 369 g/mol. The number of carbonyl (C=O) groups excluding carboxylic acids is 1. The van der Waals surface area contributed by atoms with Gasteiger partial charge in [-0.25, -0.2) is 4.79 Å². The van der Waals surface area contributed by atoms with Crippen molar-refractivity contribution in [1.29, 1.82) is 0 Å². The molecule has 6 nitrogen and oxygen atoms in total. The second-order valence-electron chi connectivity index (χ2n) is 6.04. The molecule has 0 unspecified atom stereocenters. The SMILES string of the molecule is Cc1cc(C)n(Cc2ccc(C(=O)NCc3ccc(C(=O)O)s3)cc2)n1. The molecule has 26 heavy (non-hydrogen) atoms. The van der Waals surface area contributed by atoms with Crippen molar-refractivity contribution in [2.45, 2.75) is 26.9 Å². The molecule has 0 radical (unpaired) electrons. The largest absolute Gasteiger partial charge is 0.477 e. The molecule has 134 valence electrons. The number of benzene rings is 1. The molecular formula is C19H19N3O3S. The third-order valence-corrected chi connectivity index (χ3v) is 5.02. The van der Waals surface area contributed by atoms with Gasteiger partial charge in [0.15, 0.2) is 0 Å². The van der Waals surface area contributed by atoms with E-state index < -0.39 is 5.97 Å². The number of hydrogen-bond acceptors (Lipinski definition) is 4. The number of rotatable bonds is 6. The highest BCUT2D eigenvalue weighted by molar-refractivity contribution is 7.13. The molecule has 0 fully saturated rings. The molecular weight excluding hydrogens is 350 g/mol. The van der Waals surface area contributed by atoms with Gasteiger partial charge >= 0.3 is 5.97 Å². The Morgan fingerprint density at radius 2 is 1.88 bits per heavy atom. The van der Waals surface area contributed by atoms with Gasteiger partial charge in [0.1, 0.15) is 4.88 Å². The molecule has 0 bridgehead atoms. The molecule has 3 aromatic rings. The van der Waals surface area contributed by atoms with Gasteiger partial charge in [0.05, 0.1) is 18.8 Å². The average Bonchev–Trinajstić information content (AvgIpc) is 3.20. The van der Waals surface area contributed by atoms with E-state index >= 15 is 0 Å². The minimum Gasteiger partial charge on any atom is -0.477 e. The number of carboxylic acid groups (broad SMARTS) is 1. The van der Waals surface area contributed by atoms with Gasteiger partial charge in [-0.2, -0.15) is 5.10 Å². The lowest BCUT2D eigenvalue weighted by atomic mass is 10.1. The Balaban J connectivity index is 1.59. The Hall–Kier alpha value is -2.93. The Kier molecular flexibility index (Phi) is 5.18. The zero-order chi connectivity index (χ0) is 18.7. The molecule has 2 aromatic heterocycles. The van der Waals surface area contributed by atoms with Crippen LogP contribution in [0.25, 0.3) is 0 Å². The predicted molar refractivity (Wildman–Crippen MR) is 99.7 cm³/mol. The van der Waals surface area contributed by atoms with E-state index in [4.69, 9.17) is 5.11 Å². The highest BCUT2D eigenvalue weighted by Crippen LogP contribution is 2.16. The van der Waals surface area contributed by atoms with Crippen molar-refractivity contribution < 1.29 is 14.7 Å². The van der Waals surface area contributed by atoms with E-state index in [1.54, 1.807) is 24.3 Å². The van der Waals surface area contributed by atoms with Crippen LogP contribution in [0.2, 0.25) is 0 Å². The van der Waals surface area contributed by atoms with Crippen molar-refractivity contribution in [3.8, 4) is 0 Å². The fraction of sp³-hybridized carbons (Fsp3) is 0.211. The molecule has 7 heteroatoms. The summed E-state index contributed by atoms with van der Waals surface area (Å²) in [5.41, 5.74) is 3.72. The van der Waals surface area contributed by atoms with Crippen LogP contribution < -0.4 is 5.32 Å². The molecule has 2 N–H and O–H groups in total. The fourth-order valence-electron chi connectivity index (χ4n) is 2.63. The van der Waals surface area contributed by atoms with Gasteiger partial charge < -0.3 is 10.4 Å². The lowest BCUT2D eigenvalue weighted by molar-refractivity contribution is 0.0702. The lowest BCUT2D eigenvalue weighted by Crippen LogP contribution is -2.22. The quantitative estimate of drug-likeness (QED) is 0.699. The van der Waals surface area contributed by atoms with Crippen LogP contribution >= 0.6 is 11.3 Å². The second-order valence-corrected chi connectivity index (χ2v) is 7.20. The molecule has 1 aromatic carbocycles. The van der Waals surface area contributed by atoms with Crippen LogP contribution in [0.4, 0.5) is 0 Å². The third kappa shape index (κ3) is 4.18. The first-order valence-corrected chi connectivity index (χ1v) is 8.94. The van der Waals surface area contributed by atoms with E-state index in [0.29, 0.717) is 18.7 Å². The molecule has 1 amide bonds.